The number of hydrogen-bond acceptors (Lipinski definition) is 28. The van der Waals surface area contributed by atoms with Gasteiger partial charge in [0.2, 0.25) is 18.5 Å². The number of fused-ring (bicyclic) bond motifs is 2. The summed E-state index contributed by atoms with van der Waals surface area (Å²) in [4.78, 5) is 102. The zero-order chi connectivity index (χ0) is 54.5. The number of rotatable bonds is 22. The number of phosphoric ester groups is 3. The first-order valence-corrected chi connectivity index (χ1v) is 27.5. The quantitative estimate of drug-likeness (QED) is 0.0232. The van der Waals surface area contributed by atoms with E-state index in [2.05, 4.69) is 33.5 Å². The lowest BCUT2D eigenvalue weighted by Gasteiger charge is -2.31. The molecule has 0 spiro atoms. The molecule has 3 aliphatic heterocycles. The van der Waals surface area contributed by atoms with Crippen LogP contribution in [-0.4, -0.2) is 163 Å². The monoisotopic (exact) mass is 1150 g/mol. The molecule has 6 unspecified atom stereocenters. The molecule has 0 aromatic carbocycles. The zero-order valence-corrected chi connectivity index (χ0v) is 42.4. The first-order chi connectivity index (χ1) is 35.2. The van der Waals surface area contributed by atoms with Crippen LogP contribution in [0.5, 0.6) is 0 Å². The number of aryl methyl sites for hydroxylation is 1. The Hall–Kier alpha value is -4.62. The van der Waals surface area contributed by atoms with Crippen LogP contribution in [0.15, 0.2) is 45.6 Å². The van der Waals surface area contributed by atoms with Crippen molar-refractivity contribution in [2.24, 2.45) is 13.0 Å². The molecule has 41 heteroatoms. The van der Waals surface area contributed by atoms with Gasteiger partial charge >= 0.3 is 34.7 Å². The van der Waals surface area contributed by atoms with E-state index in [1.165, 1.54) is 34.2 Å². The minimum absolute atomic E-state index is 0.00547. The van der Waals surface area contributed by atoms with E-state index in [9.17, 15) is 67.5 Å². The lowest BCUT2D eigenvalue weighted by Crippen LogP contribution is -2.39. The fraction of sp³-hybridized carbons (Fsp3) is 0.588. The van der Waals surface area contributed by atoms with Crippen LogP contribution >= 0.6 is 31.3 Å². The first-order valence-electron chi connectivity index (χ1n) is 21.6. The van der Waals surface area contributed by atoms with Gasteiger partial charge in [-0.25, -0.2) is 38.0 Å². The van der Waals surface area contributed by atoms with E-state index in [1.54, 1.807) is 0 Å². The standard InChI is InChI=1S/C34H48N12O25P4/c1-43-13-46(28-20(43)29(51)42-33(36)41-28)30-21(48)14(5-7-61-2)15(66-30)8-64-73(55,56)70-75(59,60)71-74(57,58)65-10-17-24(25(62-3)32(68-17)45-12-39-19-26(35)37-11-38-27(19)45)69-72(53,54)63-9-16-22(49)23(50)31(67-16)44-6-4-18(47)40-34(44)52/h4,6,11-17,21-25,30-32,48-50H,5,7-10H2,1-3H3,(H9-,35,36,37,38,40,41,42,47,51,52,53,54,55,56,57,58,59,60)/t14-,15-,16-,17?,21-,22-,23-,24-,25-,30?,31-,32-/m1/s1. The fourth-order valence-corrected chi connectivity index (χ4v) is 12.9. The van der Waals surface area contributed by atoms with Crippen molar-refractivity contribution in [3.05, 3.63) is 62.4 Å². The van der Waals surface area contributed by atoms with Crippen molar-refractivity contribution in [2.75, 3.05) is 52.1 Å². The molecule has 16 atom stereocenters. The smallest absolute Gasteiger partial charge is 0.490 e. The molecule has 0 bridgehead atoms. The van der Waals surface area contributed by atoms with Gasteiger partial charge in [0.15, 0.2) is 23.9 Å². The number of hydrogen-bond donors (Lipinski definition) is 10. The Labute approximate surface area is 417 Å². The number of nitrogens with zero attached hydrogens (tertiary/aromatic N) is 8. The lowest BCUT2D eigenvalue weighted by molar-refractivity contribution is -0.646. The van der Waals surface area contributed by atoms with Gasteiger partial charge in [0.05, 0.1) is 39.3 Å². The van der Waals surface area contributed by atoms with Crippen molar-refractivity contribution in [1.29, 1.82) is 0 Å². The maximum absolute atomic E-state index is 13.5. The summed E-state index contributed by atoms with van der Waals surface area (Å²) in [5.41, 5.74) is 9.27. The van der Waals surface area contributed by atoms with Gasteiger partial charge in [-0.3, -0.25) is 42.3 Å². The third-order valence-corrected chi connectivity index (χ3v) is 17.0. The normalized spacial score (nSPS) is 30.4. The van der Waals surface area contributed by atoms with Crippen molar-refractivity contribution in [3.8, 4) is 0 Å². The molecule has 8 heterocycles. The molecule has 3 saturated heterocycles. The number of methoxy groups -OCH3 is 2. The number of aliphatic hydroxyl groups is 3. The molecule has 414 valence electrons. The van der Waals surface area contributed by atoms with Crippen LogP contribution in [0.4, 0.5) is 11.8 Å². The average Bonchev–Trinajstić information content (AvgIpc) is 4.12. The van der Waals surface area contributed by atoms with Gasteiger partial charge in [-0.1, -0.05) is 0 Å². The largest absolute Gasteiger partial charge is 0.756 e. The molecule has 75 heavy (non-hydrogen) atoms. The Morgan fingerprint density at radius 1 is 0.773 bits per heavy atom. The van der Waals surface area contributed by atoms with Crippen LogP contribution in [0.2, 0.25) is 0 Å². The van der Waals surface area contributed by atoms with Gasteiger partial charge < -0.3 is 79.1 Å². The molecule has 0 radical (unpaired) electrons. The Morgan fingerprint density at radius 2 is 1.41 bits per heavy atom. The van der Waals surface area contributed by atoms with Gasteiger partial charge in [0, 0.05) is 39.0 Å². The number of ether oxygens (including phenoxy) is 5. The molecular formula is C34H48N12O25P4. The van der Waals surface area contributed by atoms with Crippen LogP contribution in [-0.2, 0) is 75.7 Å². The second-order valence-corrected chi connectivity index (χ2v) is 22.6. The van der Waals surface area contributed by atoms with Crippen molar-refractivity contribution in [2.45, 2.75) is 73.9 Å². The van der Waals surface area contributed by atoms with Crippen LogP contribution in [0.25, 0.3) is 22.3 Å². The van der Waals surface area contributed by atoms with Crippen LogP contribution in [0, 0.1) is 5.92 Å². The van der Waals surface area contributed by atoms with Crippen molar-refractivity contribution in [1.82, 2.24) is 43.6 Å². The van der Waals surface area contributed by atoms with Crippen molar-refractivity contribution < 1.29 is 108 Å². The third-order valence-electron chi connectivity index (χ3n) is 11.8. The highest BCUT2D eigenvalue weighted by Gasteiger charge is 2.53. The summed E-state index contributed by atoms with van der Waals surface area (Å²) in [5.74, 6) is -1.30. The van der Waals surface area contributed by atoms with Gasteiger partial charge in [-0.15, -0.1) is 0 Å². The number of nitrogen functional groups attached to an aromatic ring is 2. The summed E-state index contributed by atoms with van der Waals surface area (Å²) in [7, 11) is -19.7. The number of phosphoric acid groups is 4. The summed E-state index contributed by atoms with van der Waals surface area (Å²) in [6.45, 7) is -3.27. The Kier molecular flexibility index (Phi) is 16.6. The molecule has 37 nitrogen and oxygen atoms in total. The van der Waals surface area contributed by atoms with Crippen LogP contribution in [0.1, 0.15) is 25.1 Å². The molecular weight excluding hydrogens is 1100 g/mol. The third kappa shape index (κ3) is 12.2. The average molecular weight is 1150 g/mol. The Balaban J connectivity index is 0.942. The summed E-state index contributed by atoms with van der Waals surface area (Å²) in [6.07, 6.45) is -13.4. The van der Waals surface area contributed by atoms with Crippen LogP contribution in [0.3, 0.4) is 0 Å². The van der Waals surface area contributed by atoms with Crippen LogP contribution < -0.4 is 37.7 Å². The maximum Gasteiger partial charge on any atom is 0.490 e. The van der Waals surface area contributed by atoms with Gasteiger partial charge in [0.1, 0.15) is 54.6 Å². The summed E-state index contributed by atoms with van der Waals surface area (Å²) >= 11 is 0. The molecule has 5 aromatic rings. The highest BCUT2D eigenvalue weighted by atomic mass is 31.3. The molecule has 0 amide bonds. The van der Waals surface area contributed by atoms with Crippen molar-refractivity contribution in [3.63, 3.8) is 0 Å². The molecule has 5 aromatic heterocycles. The fourth-order valence-electron chi connectivity index (χ4n) is 8.48. The maximum atomic E-state index is 13.5. The first kappa shape index (κ1) is 56.6. The summed E-state index contributed by atoms with van der Waals surface area (Å²) < 4.78 is 114. The van der Waals surface area contributed by atoms with E-state index in [4.69, 9.17) is 53.2 Å². The van der Waals surface area contributed by atoms with Gasteiger partial charge in [0.25, 0.3) is 24.5 Å². The number of imidazole rings is 2. The number of H-pyrrole nitrogens is 2. The molecule has 3 aliphatic rings. The van der Waals surface area contributed by atoms with Gasteiger partial charge in [-0.05, 0) is 6.42 Å². The second-order valence-electron chi connectivity index (χ2n) is 16.6. The predicted molar refractivity (Wildman–Crippen MR) is 240 cm³/mol. The number of nitrogens with one attached hydrogen (secondary N) is 2. The highest BCUT2D eigenvalue weighted by molar-refractivity contribution is 7.66. The Morgan fingerprint density at radius 3 is 2.08 bits per heavy atom. The minimum atomic E-state index is -6.19. The number of aromatic amines is 2. The van der Waals surface area contributed by atoms with E-state index >= 15 is 0 Å². The molecule has 0 aliphatic carbocycles. The molecule has 8 rings (SSSR count). The Bertz CT molecular complexity index is 3280. The zero-order valence-electron chi connectivity index (χ0n) is 38.8. The van der Waals surface area contributed by atoms with Crippen molar-refractivity contribution >= 4 is 65.4 Å². The number of anilines is 2. The van der Waals surface area contributed by atoms with E-state index in [1.807, 2.05) is 4.98 Å². The number of aliphatic hydroxyl groups excluding tert-OH is 3. The van der Waals surface area contributed by atoms with E-state index < -0.39 is 141 Å². The number of nitrogens with two attached hydrogens (primary N) is 2. The SMILES string of the molecule is COCC[C@@H]1[C@@H](COP(=O)(O)OP(=O)(O)OP(=O)(O)OCC2O[C@@H](n3cnc4c(N)ncnc43)[C@H](OC)[C@@H]2OP(=O)([O-])OC[C@H]2O[C@@H](n3ccc(=O)[nH]c3=O)[C@H](O)[C@@H]2O)OC(n2c[n+](C)c3c(=O)[nH]c(N)nc32)[C@@H]1O. The predicted octanol–water partition coefficient (Wildman–Crippen LogP) is -4.22. The molecule has 12 N–H and O–H groups in total. The molecule has 0 saturated carbocycles. The topological polar surface area (TPSA) is 519 Å². The van der Waals surface area contributed by atoms with E-state index in [0.29, 0.717) is 0 Å². The van der Waals surface area contributed by atoms with E-state index in [0.717, 1.165) is 36.6 Å². The number of aromatic nitrogens is 10. The minimum Gasteiger partial charge on any atom is -0.756 e. The summed E-state index contributed by atoms with van der Waals surface area (Å²) in [5, 5.41) is 32.6. The van der Waals surface area contributed by atoms with Gasteiger partial charge in [-0.2, -0.15) is 18.2 Å². The summed E-state index contributed by atoms with van der Waals surface area (Å²) in [6, 6.07) is 0.916. The lowest BCUT2D eigenvalue weighted by atomic mass is 9.95. The highest BCUT2D eigenvalue weighted by Crippen LogP contribution is 2.68. The van der Waals surface area contributed by atoms with E-state index in [-0.39, 0.29) is 47.1 Å². The molecule has 3 fully saturated rings. The second kappa shape index (κ2) is 22.0.